The van der Waals surface area contributed by atoms with Crippen molar-refractivity contribution in [3.05, 3.63) is 93.6 Å². The van der Waals surface area contributed by atoms with Crippen LogP contribution in [0.5, 0.6) is 0 Å². The predicted molar refractivity (Wildman–Crippen MR) is 196 cm³/mol. The van der Waals surface area contributed by atoms with Gasteiger partial charge in [-0.3, -0.25) is 9.36 Å². The largest absolute Gasteiger partial charge is 0.383 e. The van der Waals surface area contributed by atoms with Crippen LogP contribution in [0.3, 0.4) is 0 Å². The number of aromatic nitrogens is 4. The highest BCUT2D eigenvalue weighted by Gasteiger charge is 2.49. The number of fused-ring (bicyclic) bond motifs is 10. The van der Waals surface area contributed by atoms with Crippen molar-refractivity contribution >= 4 is 23.0 Å². The SMILES string of the molecule is CC(C)C1C2CCC1c1c(N=C(N)c3cn(C)nc3C(F)F)cccc12.CC(C)C1C2CCC1c1c(N=C(N)c3cn(C)nc3C(F)F)cccc12. The van der Waals surface area contributed by atoms with Crippen LogP contribution in [-0.4, -0.2) is 31.2 Å². The van der Waals surface area contributed by atoms with Crippen LogP contribution in [0.25, 0.3) is 0 Å². The van der Waals surface area contributed by atoms with E-state index >= 15 is 0 Å². The van der Waals surface area contributed by atoms with Gasteiger partial charge in [-0.25, -0.2) is 27.5 Å². The molecule has 6 atom stereocenters. The molecule has 4 aromatic rings. The molecular weight excluding hydrogens is 668 g/mol. The highest BCUT2D eigenvalue weighted by molar-refractivity contribution is 6.01. The minimum absolute atomic E-state index is 0.102. The molecule has 8 rings (SSSR count). The average Bonchev–Trinajstić information content (AvgIpc) is 3.94. The van der Waals surface area contributed by atoms with Crippen molar-refractivity contribution in [2.75, 3.05) is 0 Å². The van der Waals surface area contributed by atoms with E-state index in [1.54, 1.807) is 14.1 Å². The predicted octanol–water partition coefficient (Wildman–Crippen LogP) is 9.28. The van der Waals surface area contributed by atoms with Crippen molar-refractivity contribution in [2.24, 2.45) is 59.2 Å². The number of hydrogen-bond donors (Lipinski definition) is 2. The van der Waals surface area contributed by atoms with Crippen molar-refractivity contribution in [3.63, 3.8) is 0 Å². The third-order valence-electron chi connectivity index (χ3n) is 11.9. The van der Waals surface area contributed by atoms with Gasteiger partial charge in [0.15, 0.2) is 0 Å². The molecule has 2 heterocycles. The van der Waals surface area contributed by atoms with Gasteiger partial charge in [-0.1, -0.05) is 52.0 Å². The van der Waals surface area contributed by atoms with Crippen molar-refractivity contribution in [1.82, 2.24) is 19.6 Å². The summed E-state index contributed by atoms with van der Waals surface area (Å²) in [5.41, 5.74) is 19.0. The van der Waals surface area contributed by atoms with E-state index in [1.807, 2.05) is 24.3 Å². The zero-order chi connectivity index (χ0) is 37.2. The summed E-state index contributed by atoms with van der Waals surface area (Å²) in [5, 5.41) is 7.65. The number of rotatable bonds is 8. The van der Waals surface area contributed by atoms with E-state index in [1.165, 1.54) is 69.7 Å². The Bertz CT molecular complexity index is 1880. The van der Waals surface area contributed by atoms with E-state index in [0.717, 1.165) is 11.4 Å². The summed E-state index contributed by atoms with van der Waals surface area (Å²) in [6.45, 7) is 9.13. The standard InChI is InChI=1S/2C20H24F2N4/c2*1-10(2)16-12-7-8-13(16)17-11(12)5-4-6-15(17)24-20(23)14-9-26(3)25-18(14)19(21)22/h2*4-6,9-10,12-13,16,19H,7-8H2,1-3H3,(H2,23,24). The quantitative estimate of drug-likeness (QED) is 0.108. The molecule has 4 aliphatic carbocycles. The molecule has 2 saturated carbocycles. The molecule has 276 valence electrons. The maximum Gasteiger partial charge on any atom is 0.282 e. The summed E-state index contributed by atoms with van der Waals surface area (Å²) in [7, 11) is 3.21. The molecule has 4 N–H and O–H groups in total. The molecule has 0 aliphatic heterocycles. The molecule has 4 aliphatic rings. The molecule has 2 aromatic carbocycles. The molecule has 12 heteroatoms. The van der Waals surface area contributed by atoms with Gasteiger partial charge in [0.1, 0.15) is 23.1 Å². The zero-order valence-corrected chi connectivity index (χ0v) is 30.6. The molecule has 2 aromatic heterocycles. The summed E-state index contributed by atoms with van der Waals surface area (Å²) in [5.74, 6) is 4.85. The summed E-state index contributed by atoms with van der Waals surface area (Å²) in [4.78, 5) is 9.16. The van der Waals surface area contributed by atoms with Crippen molar-refractivity contribution in [2.45, 2.75) is 89.9 Å². The summed E-state index contributed by atoms with van der Waals surface area (Å²) in [6, 6.07) is 12.3. The second-order valence-corrected chi connectivity index (χ2v) is 15.6. The molecule has 0 spiro atoms. The molecule has 52 heavy (non-hydrogen) atoms. The first-order valence-corrected chi connectivity index (χ1v) is 18.3. The minimum atomic E-state index is -2.68. The first-order chi connectivity index (χ1) is 24.8. The van der Waals surface area contributed by atoms with Crippen LogP contribution in [0.1, 0.15) is 135 Å². The Morgan fingerprint density at radius 2 is 1.00 bits per heavy atom. The van der Waals surface area contributed by atoms with E-state index < -0.39 is 12.9 Å². The molecule has 2 fully saturated rings. The van der Waals surface area contributed by atoms with Gasteiger partial charge in [0.05, 0.1) is 22.5 Å². The van der Waals surface area contributed by atoms with Crippen LogP contribution in [-0.2, 0) is 14.1 Å². The second kappa shape index (κ2) is 13.8. The fourth-order valence-electron chi connectivity index (χ4n) is 10.2. The van der Waals surface area contributed by atoms with E-state index in [9.17, 15) is 17.6 Å². The van der Waals surface area contributed by atoms with E-state index in [-0.39, 0.29) is 34.2 Å². The molecule has 0 saturated heterocycles. The van der Waals surface area contributed by atoms with Crippen LogP contribution >= 0.6 is 0 Å². The zero-order valence-electron chi connectivity index (χ0n) is 30.6. The molecule has 6 unspecified atom stereocenters. The van der Waals surface area contributed by atoms with Gasteiger partial charge in [-0.05, 0) is 107 Å². The Morgan fingerprint density at radius 1 is 0.635 bits per heavy atom. The van der Waals surface area contributed by atoms with Crippen LogP contribution < -0.4 is 11.5 Å². The molecule has 0 amide bonds. The third kappa shape index (κ3) is 6.11. The van der Waals surface area contributed by atoms with Crippen LogP contribution in [0.4, 0.5) is 28.9 Å². The Kier molecular flexibility index (Phi) is 9.54. The monoisotopic (exact) mass is 716 g/mol. The van der Waals surface area contributed by atoms with Gasteiger partial charge in [0, 0.05) is 26.5 Å². The van der Waals surface area contributed by atoms with Crippen molar-refractivity contribution in [1.29, 1.82) is 0 Å². The normalized spacial score (nSPS) is 24.7. The van der Waals surface area contributed by atoms with Gasteiger partial charge in [0.25, 0.3) is 12.9 Å². The van der Waals surface area contributed by atoms with Gasteiger partial charge in [-0.15, -0.1) is 0 Å². The number of halogens is 4. The number of hydrogen-bond acceptors (Lipinski definition) is 4. The van der Waals surface area contributed by atoms with Crippen molar-refractivity contribution in [3.8, 4) is 0 Å². The Labute approximate surface area is 302 Å². The van der Waals surface area contributed by atoms with Crippen LogP contribution in [0.15, 0.2) is 58.8 Å². The van der Waals surface area contributed by atoms with Gasteiger partial charge >= 0.3 is 0 Å². The van der Waals surface area contributed by atoms with E-state index in [4.69, 9.17) is 11.5 Å². The Morgan fingerprint density at radius 3 is 1.35 bits per heavy atom. The third-order valence-corrected chi connectivity index (χ3v) is 11.9. The van der Waals surface area contributed by atoms with Gasteiger partial charge in [-0.2, -0.15) is 10.2 Å². The lowest BCUT2D eigenvalue weighted by Crippen LogP contribution is -2.15. The maximum absolute atomic E-state index is 13.2. The number of alkyl halides is 4. The van der Waals surface area contributed by atoms with Gasteiger partial charge < -0.3 is 11.5 Å². The number of nitrogens with zero attached hydrogens (tertiary/aromatic N) is 6. The van der Waals surface area contributed by atoms with E-state index in [2.05, 4.69) is 60.0 Å². The Hall–Kier alpha value is -4.48. The Balaban J connectivity index is 0.000000162. The number of nitrogens with two attached hydrogens (primary N) is 2. The summed E-state index contributed by atoms with van der Waals surface area (Å²) in [6.07, 6.45) is 2.44. The lowest BCUT2D eigenvalue weighted by Gasteiger charge is -2.20. The van der Waals surface area contributed by atoms with Gasteiger partial charge in [0.2, 0.25) is 0 Å². The summed E-state index contributed by atoms with van der Waals surface area (Å²) >= 11 is 0. The fourth-order valence-corrected chi connectivity index (χ4v) is 10.2. The summed E-state index contributed by atoms with van der Waals surface area (Å²) < 4.78 is 55.6. The first-order valence-electron chi connectivity index (χ1n) is 18.3. The molecule has 4 bridgehead atoms. The smallest absolute Gasteiger partial charge is 0.282 e. The number of amidine groups is 2. The lowest BCUT2D eigenvalue weighted by molar-refractivity contribution is 0.144. The molecule has 0 radical (unpaired) electrons. The van der Waals surface area contributed by atoms with E-state index in [0.29, 0.717) is 47.3 Å². The number of aliphatic imine (C=N–C) groups is 2. The maximum atomic E-state index is 13.2. The first kappa shape index (κ1) is 35.9. The highest BCUT2D eigenvalue weighted by Crippen LogP contribution is 2.62. The van der Waals surface area contributed by atoms with Crippen molar-refractivity contribution < 1.29 is 17.6 Å². The highest BCUT2D eigenvalue weighted by atomic mass is 19.3. The second-order valence-electron chi connectivity index (χ2n) is 15.6. The number of aryl methyl sites for hydroxylation is 2. The van der Waals surface area contributed by atoms with Crippen LogP contribution in [0, 0.1) is 23.7 Å². The lowest BCUT2D eigenvalue weighted by atomic mass is 9.85. The topological polar surface area (TPSA) is 112 Å². The molecule has 8 nitrogen and oxygen atoms in total. The number of benzene rings is 2. The minimum Gasteiger partial charge on any atom is -0.383 e. The fraction of sp³-hybridized carbons (Fsp3) is 0.500. The van der Waals surface area contributed by atoms with Crippen LogP contribution in [0.2, 0.25) is 0 Å². The average molecular weight is 717 g/mol. The molecular formula is C40H48F4N8.